The molecule has 2 atom stereocenters. The van der Waals surface area contributed by atoms with Gasteiger partial charge in [0.15, 0.2) is 0 Å². The zero-order valence-electron chi connectivity index (χ0n) is 13.3. The number of anilines is 2. The van der Waals surface area contributed by atoms with Crippen LogP contribution >= 0.6 is 11.5 Å². The topological polar surface area (TPSA) is 72.4 Å². The number of nitrogens with one attached hydrogen (secondary N) is 1. The van der Waals surface area contributed by atoms with Gasteiger partial charge in [-0.2, -0.15) is 9.36 Å². The molecule has 0 radical (unpaired) electrons. The summed E-state index contributed by atoms with van der Waals surface area (Å²) in [4.78, 5) is 10.6. The molecule has 0 aliphatic carbocycles. The zero-order valence-corrected chi connectivity index (χ0v) is 14.1. The van der Waals surface area contributed by atoms with Gasteiger partial charge in [0, 0.05) is 38.4 Å². The highest BCUT2D eigenvalue weighted by Crippen LogP contribution is 2.22. The number of aromatic nitrogens is 3. The minimum Gasteiger partial charge on any atom is -0.379 e. The Hall–Kier alpha value is -1.77. The van der Waals surface area contributed by atoms with Crippen molar-refractivity contribution < 1.29 is 9.47 Å². The van der Waals surface area contributed by atoms with E-state index in [0.29, 0.717) is 13.2 Å². The molecular weight excluding hydrogens is 314 g/mol. The van der Waals surface area contributed by atoms with Crippen LogP contribution in [0.4, 0.5) is 11.1 Å². The molecule has 1 aliphatic rings. The third kappa shape index (κ3) is 4.37. The standard InChI is InChI=1S/C15H21N5O2S/c1-20(2)14-18-15(23-19-14)17-12-6-8-21-10-13(12)22-9-11-5-3-4-7-16-11/h3-5,7,12-13H,6,8-10H2,1-2H3,(H,17,18,19)/t12-,13-/m1/s1. The Labute approximate surface area is 139 Å². The van der Waals surface area contributed by atoms with Crippen LogP contribution in [0.3, 0.4) is 0 Å². The van der Waals surface area contributed by atoms with Crippen LogP contribution in [0.25, 0.3) is 0 Å². The van der Waals surface area contributed by atoms with Gasteiger partial charge < -0.3 is 19.7 Å². The molecule has 23 heavy (non-hydrogen) atoms. The summed E-state index contributed by atoms with van der Waals surface area (Å²) in [7, 11) is 3.86. The molecule has 8 heteroatoms. The molecule has 2 aromatic heterocycles. The van der Waals surface area contributed by atoms with Crippen LogP contribution in [-0.4, -0.2) is 53.8 Å². The van der Waals surface area contributed by atoms with Crippen LogP contribution in [-0.2, 0) is 16.1 Å². The predicted octanol–water partition coefficient (Wildman–Crippen LogP) is 1.79. The Kier molecular flexibility index (Phi) is 5.37. The van der Waals surface area contributed by atoms with Gasteiger partial charge >= 0.3 is 0 Å². The van der Waals surface area contributed by atoms with E-state index in [4.69, 9.17) is 9.47 Å². The molecule has 0 amide bonds. The summed E-state index contributed by atoms with van der Waals surface area (Å²) in [5.74, 6) is 0.718. The molecule has 0 aromatic carbocycles. The van der Waals surface area contributed by atoms with Crippen LogP contribution in [0.15, 0.2) is 24.4 Å². The molecule has 3 heterocycles. The molecule has 7 nitrogen and oxygen atoms in total. The fraction of sp³-hybridized carbons (Fsp3) is 0.533. The highest BCUT2D eigenvalue weighted by atomic mass is 32.1. The van der Waals surface area contributed by atoms with Gasteiger partial charge in [0.25, 0.3) is 0 Å². The van der Waals surface area contributed by atoms with Crippen LogP contribution in [0.2, 0.25) is 0 Å². The van der Waals surface area contributed by atoms with Crippen LogP contribution < -0.4 is 10.2 Å². The second-order valence-electron chi connectivity index (χ2n) is 5.58. The first-order chi connectivity index (χ1) is 11.2. The Morgan fingerprint density at radius 3 is 3.09 bits per heavy atom. The Morgan fingerprint density at radius 2 is 2.35 bits per heavy atom. The van der Waals surface area contributed by atoms with Crippen molar-refractivity contribution in [1.82, 2.24) is 14.3 Å². The summed E-state index contributed by atoms with van der Waals surface area (Å²) in [5, 5.41) is 4.25. The highest BCUT2D eigenvalue weighted by Gasteiger charge is 2.27. The van der Waals surface area contributed by atoms with E-state index in [2.05, 4.69) is 19.7 Å². The average Bonchev–Trinajstić information content (AvgIpc) is 3.04. The summed E-state index contributed by atoms with van der Waals surface area (Å²) >= 11 is 1.37. The predicted molar refractivity (Wildman–Crippen MR) is 89.9 cm³/mol. The summed E-state index contributed by atoms with van der Waals surface area (Å²) in [6.07, 6.45) is 2.62. The maximum Gasteiger partial charge on any atom is 0.238 e. The smallest absolute Gasteiger partial charge is 0.238 e. The molecule has 2 aromatic rings. The van der Waals surface area contributed by atoms with Crippen molar-refractivity contribution in [2.75, 3.05) is 37.5 Å². The highest BCUT2D eigenvalue weighted by molar-refractivity contribution is 7.09. The lowest BCUT2D eigenvalue weighted by molar-refractivity contribution is -0.0644. The Morgan fingerprint density at radius 1 is 1.43 bits per heavy atom. The van der Waals surface area contributed by atoms with Crippen LogP contribution in [0, 0.1) is 0 Å². The van der Waals surface area contributed by atoms with Crippen molar-refractivity contribution in [2.45, 2.75) is 25.2 Å². The molecule has 0 saturated carbocycles. The SMILES string of the molecule is CN(C)c1nsc(N[C@@H]2CCOC[C@H]2OCc2ccccn2)n1. The maximum atomic E-state index is 6.00. The van der Waals surface area contributed by atoms with E-state index in [1.807, 2.05) is 37.2 Å². The van der Waals surface area contributed by atoms with Gasteiger partial charge in [-0.25, -0.2) is 0 Å². The van der Waals surface area contributed by atoms with E-state index in [-0.39, 0.29) is 12.1 Å². The third-order valence-electron chi connectivity index (χ3n) is 3.60. The van der Waals surface area contributed by atoms with E-state index in [9.17, 15) is 0 Å². The molecule has 1 fully saturated rings. The summed E-state index contributed by atoms with van der Waals surface area (Å²) < 4.78 is 15.9. The van der Waals surface area contributed by atoms with Crippen molar-refractivity contribution in [3.8, 4) is 0 Å². The normalized spacial score (nSPS) is 21.1. The first kappa shape index (κ1) is 16.1. The Bertz CT molecular complexity index is 607. The van der Waals surface area contributed by atoms with Gasteiger partial charge in [0.05, 0.1) is 24.9 Å². The lowest BCUT2D eigenvalue weighted by Crippen LogP contribution is -2.43. The minimum atomic E-state index is -0.0301. The molecular formula is C15H21N5O2S. The average molecular weight is 335 g/mol. The fourth-order valence-electron chi connectivity index (χ4n) is 2.33. The molecule has 0 bridgehead atoms. The van der Waals surface area contributed by atoms with Crippen molar-refractivity contribution in [1.29, 1.82) is 0 Å². The summed E-state index contributed by atoms with van der Waals surface area (Å²) in [6, 6.07) is 5.98. The largest absolute Gasteiger partial charge is 0.379 e. The second-order valence-corrected chi connectivity index (χ2v) is 6.33. The van der Waals surface area contributed by atoms with Crippen LogP contribution in [0.1, 0.15) is 12.1 Å². The first-order valence-electron chi connectivity index (χ1n) is 7.59. The van der Waals surface area contributed by atoms with E-state index in [0.717, 1.165) is 29.8 Å². The number of nitrogens with zero attached hydrogens (tertiary/aromatic N) is 4. The molecule has 0 spiro atoms. The zero-order chi connectivity index (χ0) is 16.1. The van der Waals surface area contributed by atoms with Crippen molar-refractivity contribution in [2.24, 2.45) is 0 Å². The molecule has 0 unspecified atom stereocenters. The molecule has 1 saturated heterocycles. The van der Waals surface area contributed by atoms with Crippen molar-refractivity contribution >= 4 is 22.6 Å². The van der Waals surface area contributed by atoms with Gasteiger partial charge in [-0.3, -0.25) is 4.98 Å². The van der Waals surface area contributed by atoms with Crippen LogP contribution in [0.5, 0.6) is 0 Å². The Balaban J connectivity index is 1.59. The quantitative estimate of drug-likeness (QED) is 0.863. The van der Waals surface area contributed by atoms with E-state index in [1.165, 1.54) is 11.5 Å². The van der Waals surface area contributed by atoms with E-state index < -0.39 is 0 Å². The van der Waals surface area contributed by atoms with Gasteiger partial charge in [-0.05, 0) is 18.6 Å². The van der Waals surface area contributed by atoms with Gasteiger partial charge in [0.2, 0.25) is 11.1 Å². The molecule has 1 N–H and O–H groups in total. The lowest BCUT2D eigenvalue weighted by atomic mass is 10.1. The van der Waals surface area contributed by atoms with Crippen molar-refractivity contribution in [3.63, 3.8) is 0 Å². The minimum absolute atomic E-state index is 0.0301. The summed E-state index contributed by atoms with van der Waals surface area (Å²) in [6.45, 7) is 1.77. The number of rotatable bonds is 6. The van der Waals surface area contributed by atoms with E-state index in [1.54, 1.807) is 6.20 Å². The number of ether oxygens (including phenoxy) is 2. The molecule has 1 aliphatic heterocycles. The fourth-order valence-corrected chi connectivity index (χ4v) is 3.03. The lowest BCUT2D eigenvalue weighted by Gasteiger charge is -2.31. The monoisotopic (exact) mass is 335 g/mol. The molecule has 3 rings (SSSR count). The number of pyridine rings is 1. The molecule has 124 valence electrons. The van der Waals surface area contributed by atoms with Gasteiger partial charge in [0.1, 0.15) is 6.10 Å². The first-order valence-corrected chi connectivity index (χ1v) is 8.36. The number of hydrogen-bond donors (Lipinski definition) is 1. The van der Waals surface area contributed by atoms with Crippen molar-refractivity contribution in [3.05, 3.63) is 30.1 Å². The summed E-state index contributed by atoms with van der Waals surface area (Å²) in [5.41, 5.74) is 0.919. The van der Waals surface area contributed by atoms with Gasteiger partial charge in [-0.1, -0.05) is 6.07 Å². The maximum absolute atomic E-state index is 6.00. The number of hydrogen-bond acceptors (Lipinski definition) is 8. The van der Waals surface area contributed by atoms with E-state index >= 15 is 0 Å². The van der Waals surface area contributed by atoms with Gasteiger partial charge in [-0.15, -0.1) is 0 Å². The third-order valence-corrected chi connectivity index (χ3v) is 4.24. The second kappa shape index (κ2) is 7.67.